The van der Waals surface area contributed by atoms with Crippen LogP contribution in [0.25, 0.3) is 0 Å². The standard InChI is InChI=1S/C15H13F2NO3/c1-18(10-3-5-11(21-2)6-4-10)14-12(16)7-9(15(19)20)8-13(14)17/h3-8H,1-2H3,(H,19,20). The average Bonchev–Trinajstić information content (AvgIpc) is 2.46. The Balaban J connectivity index is 2.42. The molecule has 0 unspecified atom stereocenters. The van der Waals surface area contributed by atoms with E-state index in [1.165, 1.54) is 19.1 Å². The van der Waals surface area contributed by atoms with Crippen molar-refractivity contribution in [3.05, 3.63) is 53.6 Å². The predicted molar refractivity (Wildman–Crippen MR) is 74.4 cm³/mol. The van der Waals surface area contributed by atoms with Gasteiger partial charge in [0.25, 0.3) is 0 Å². The number of hydrogen-bond donors (Lipinski definition) is 1. The molecule has 21 heavy (non-hydrogen) atoms. The van der Waals surface area contributed by atoms with Crippen LogP contribution in [0.5, 0.6) is 5.75 Å². The minimum atomic E-state index is -1.38. The number of anilines is 2. The summed E-state index contributed by atoms with van der Waals surface area (Å²) in [5.41, 5.74) is -0.210. The van der Waals surface area contributed by atoms with E-state index in [2.05, 4.69) is 0 Å². The molecule has 0 fully saturated rings. The van der Waals surface area contributed by atoms with Crippen molar-refractivity contribution >= 4 is 17.3 Å². The molecule has 1 N–H and O–H groups in total. The summed E-state index contributed by atoms with van der Waals surface area (Å²) >= 11 is 0. The second-order valence-electron chi connectivity index (χ2n) is 4.35. The predicted octanol–water partition coefficient (Wildman–Crippen LogP) is 3.44. The largest absolute Gasteiger partial charge is 0.497 e. The van der Waals surface area contributed by atoms with Gasteiger partial charge in [0.05, 0.1) is 12.7 Å². The van der Waals surface area contributed by atoms with Crippen molar-refractivity contribution in [3.63, 3.8) is 0 Å². The van der Waals surface area contributed by atoms with Crippen molar-refractivity contribution in [3.8, 4) is 5.75 Å². The molecule has 0 aromatic heterocycles. The summed E-state index contributed by atoms with van der Waals surface area (Å²) in [4.78, 5) is 12.1. The Labute approximate surface area is 120 Å². The van der Waals surface area contributed by atoms with Crippen molar-refractivity contribution in [2.45, 2.75) is 0 Å². The number of ether oxygens (including phenoxy) is 1. The average molecular weight is 293 g/mol. The molecule has 0 aliphatic rings. The lowest BCUT2D eigenvalue weighted by Gasteiger charge is -2.21. The van der Waals surface area contributed by atoms with Crippen LogP contribution in [0.4, 0.5) is 20.2 Å². The zero-order valence-corrected chi connectivity index (χ0v) is 11.4. The summed E-state index contributed by atoms with van der Waals surface area (Å²) in [6.07, 6.45) is 0. The first kappa shape index (κ1) is 14.8. The van der Waals surface area contributed by atoms with E-state index < -0.39 is 23.2 Å². The highest BCUT2D eigenvalue weighted by atomic mass is 19.1. The number of carboxylic acid groups (broad SMARTS) is 1. The van der Waals surface area contributed by atoms with Gasteiger partial charge in [0.2, 0.25) is 0 Å². The molecule has 6 heteroatoms. The number of benzene rings is 2. The smallest absolute Gasteiger partial charge is 0.335 e. The van der Waals surface area contributed by atoms with E-state index >= 15 is 0 Å². The number of hydrogen-bond acceptors (Lipinski definition) is 3. The Morgan fingerprint density at radius 3 is 2.10 bits per heavy atom. The highest BCUT2D eigenvalue weighted by molar-refractivity contribution is 5.88. The zero-order chi connectivity index (χ0) is 15.6. The summed E-state index contributed by atoms with van der Waals surface area (Å²) in [5, 5.41) is 8.78. The van der Waals surface area contributed by atoms with Crippen LogP contribution >= 0.6 is 0 Å². The van der Waals surface area contributed by atoms with Crippen LogP contribution in [0, 0.1) is 11.6 Å². The molecule has 2 aromatic carbocycles. The molecule has 0 aliphatic carbocycles. The third kappa shape index (κ3) is 2.94. The lowest BCUT2D eigenvalue weighted by Crippen LogP contribution is -2.14. The van der Waals surface area contributed by atoms with Gasteiger partial charge in [-0.3, -0.25) is 0 Å². The number of aromatic carboxylic acids is 1. The molecule has 2 rings (SSSR count). The van der Waals surface area contributed by atoms with Crippen molar-refractivity contribution < 1.29 is 23.4 Å². The van der Waals surface area contributed by atoms with Crippen LogP contribution in [-0.2, 0) is 0 Å². The first-order valence-corrected chi connectivity index (χ1v) is 6.04. The minimum absolute atomic E-state index is 0.315. The Morgan fingerprint density at radius 1 is 1.14 bits per heavy atom. The van der Waals surface area contributed by atoms with Gasteiger partial charge >= 0.3 is 5.97 Å². The summed E-state index contributed by atoms with van der Waals surface area (Å²) in [7, 11) is 3.01. The number of carbonyl (C=O) groups is 1. The van der Waals surface area contributed by atoms with Crippen LogP contribution in [0.15, 0.2) is 36.4 Å². The van der Waals surface area contributed by atoms with Crippen LogP contribution < -0.4 is 9.64 Å². The summed E-state index contributed by atoms with van der Waals surface area (Å²) in [5.74, 6) is -2.64. The Bertz CT molecular complexity index is 648. The maximum Gasteiger partial charge on any atom is 0.335 e. The molecule has 110 valence electrons. The topological polar surface area (TPSA) is 49.8 Å². The third-order valence-corrected chi connectivity index (χ3v) is 3.06. The number of methoxy groups -OCH3 is 1. The van der Waals surface area contributed by atoms with Gasteiger partial charge in [-0.1, -0.05) is 0 Å². The molecule has 0 saturated heterocycles. The van der Waals surface area contributed by atoms with Crippen molar-refractivity contribution in [1.29, 1.82) is 0 Å². The maximum atomic E-state index is 14.0. The molecular formula is C15H13F2NO3. The zero-order valence-electron chi connectivity index (χ0n) is 11.4. The second-order valence-corrected chi connectivity index (χ2v) is 4.35. The number of carboxylic acids is 1. The maximum absolute atomic E-state index is 14.0. The second kappa shape index (κ2) is 5.78. The summed E-state index contributed by atoms with van der Waals surface area (Å²) < 4.78 is 33.0. The highest BCUT2D eigenvalue weighted by Crippen LogP contribution is 2.30. The van der Waals surface area contributed by atoms with Crippen molar-refractivity contribution in [2.24, 2.45) is 0 Å². The third-order valence-electron chi connectivity index (χ3n) is 3.06. The summed E-state index contributed by atoms with van der Waals surface area (Å²) in [6.45, 7) is 0. The number of nitrogens with zero attached hydrogens (tertiary/aromatic N) is 1. The lowest BCUT2D eigenvalue weighted by molar-refractivity contribution is 0.0696. The number of halogens is 2. The van der Waals surface area contributed by atoms with Crippen LogP contribution in [0.3, 0.4) is 0 Å². The summed E-state index contributed by atoms with van der Waals surface area (Å²) in [6, 6.07) is 8.19. The number of rotatable bonds is 4. The van der Waals surface area contributed by atoms with Crippen molar-refractivity contribution in [1.82, 2.24) is 0 Å². The Kier molecular flexibility index (Phi) is 4.07. The fraction of sp³-hybridized carbons (Fsp3) is 0.133. The SMILES string of the molecule is COc1ccc(N(C)c2c(F)cc(C(=O)O)cc2F)cc1. The Morgan fingerprint density at radius 2 is 1.67 bits per heavy atom. The molecule has 4 nitrogen and oxygen atoms in total. The van der Waals surface area contributed by atoms with Gasteiger partial charge in [-0.05, 0) is 36.4 Å². The van der Waals surface area contributed by atoms with E-state index in [0.29, 0.717) is 11.4 Å². The fourth-order valence-corrected chi connectivity index (χ4v) is 1.94. The molecule has 0 heterocycles. The van der Waals surface area contributed by atoms with Gasteiger partial charge in [-0.2, -0.15) is 0 Å². The molecule has 0 spiro atoms. The van der Waals surface area contributed by atoms with Gasteiger partial charge in [-0.15, -0.1) is 0 Å². The molecule has 0 saturated carbocycles. The highest BCUT2D eigenvalue weighted by Gasteiger charge is 2.18. The molecule has 0 radical (unpaired) electrons. The van der Waals surface area contributed by atoms with Gasteiger partial charge < -0.3 is 14.7 Å². The normalized spacial score (nSPS) is 10.3. The van der Waals surface area contributed by atoms with Gasteiger partial charge in [-0.25, -0.2) is 13.6 Å². The molecule has 0 aliphatic heterocycles. The van der Waals surface area contributed by atoms with Crippen molar-refractivity contribution in [2.75, 3.05) is 19.1 Å². The molecule has 0 amide bonds. The van der Waals surface area contributed by atoms with Crippen LogP contribution in [0.1, 0.15) is 10.4 Å². The molecule has 0 atom stereocenters. The van der Waals surface area contributed by atoms with E-state index in [1.54, 1.807) is 24.3 Å². The monoisotopic (exact) mass is 293 g/mol. The van der Waals surface area contributed by atoms with E-state index in [9.17, 15) is 13.6 Å². The first-order chi connectivity index (χ1) is 9.93. The van der Waals surface area contributed by atoms with E-state index in [-0.39, 0.29) is 5.69 Å². The molecule has 0 bridgehead atoms. The Hall–Kier alpha value is -2.63. The minimum Gasteiger partial charge on any atom is -0.497 e. The molecule has 2 aromatic rings. The van der Waals surface area contributed by atoms with Crippen LogP contribution in [0.2, 0.25) is 0 Å². The van der Waals surface area contributed by atoms with Gasteiger partial charge in [0, 0.05) is 12.7 Å². The van der Waals surface area contributed by atoms with E-state index in [1.807, 2.05) is 0 Å². The first-order valence-electron chi connectivity index (χ1n) is 6.04. The molecular weight excluding hydrogens is 280 g/mol. The van der Waals surface area contributed by atoms with Crippen LogP contribution in [-0.4, -0.2) is 25.2 Å². The van der Waals surface area contributed by atoms with E-state index in [4.69, 9.17) is 9.84 Å². The quantitative estimate of drug-likeness (QED) is 0.938. The van der Waals surface area contributed by atoms with Gasteiger partial charge in [0.1, 0.15) is 11.4 Å². The van der Waals surface area contributed by atoms with E-state index in [0.717, 1.165) is 12.1 Å². The fourth-order valence-electron chi connectivity index (χ4n) is 1.94. The lowest BCUT2D eigenvalue weighted by atomic mass is 10.1. The van der Waals surface area contributed by atoms with Gasteiger partial charge in [0.15, 0.2) is 11.6 Å².